The van der Waals surface area contributed by atoms with E-state index in [0.29, 0.717) is 31.3 Å². The van der Waals surface area contributed by atoms with Crippen molar-refractivity contribution in [2.75, 3.05) is 32.8 Å². The number of thiocarbonyl (C=S) groups is 1. The highest BCUT2D eigenvalue weighted by Crippen LogP contribution is 2.21. The molecule has 2 fully saturated rings. The highest BCUT2D eigenvalue weighted by atomic mass is 32.1. The SMILES string of the molecule is CC(C(=O)N1CCOCC1)N1CCCC1C(N)=S. The van der Waals surface area contributed by atoms with Gasteiger partial charge >= 0.3 is 0 Å². The Hall–Kier alpha value is -0.720. The molecule has 18 heavy (non-hydrogen) atoms. The Morgan fingerprint density at radius 3 is 2.67 bits per heavy atom. The van der Waals surface area contributed by atoms with E-state index in [1.165, 1.54) is 0 Å². The fourth-order valence-corrected chi connectivity index (χ4v) is 3.00. The zero-order valence-corrected chi connectivity index (χ0v) is 11.6. The van der Waals surface area contributed by atoms with Crippen LogP contribution in [0.3, 0.4) is 0 Å². The lowest BCUT2D eigenvalue weighted by molar-refractivity contribution is -0.140. The number of likely N-dealkylation sites (tertiary alicyclic amines) is 1. The molecule has 2 saturated heterocycles. The topological polar surface area (TPSA) is 58.8 Å². The van der Waals surface area contributed by atoms with E-state index < -0.39 is 0 Å². The molecule has 0 bridgehead atoms. The number of morpholine rings is 1. The second-order valence-electron chi connectivity index (χ2n) is 4.91. The molecule has 6 heteroatoms. The van der Waals surface area contributed by atoms with Gasteiger partial charge in [0, 0.05) is 13.1 Å². The Bertz CT molecular complexity index is 331. The molecule has 1 amide bonds. The predicted molar refractivity (Wildman–Crippen MR) is 73.4 cm³/mol. The molecule has 2 rings (SSSR count). The van der Waals surface area contributed by atoms with Crippen LogP contribution in [0.1, 0.15) is 19.8 Å². The van der Waals surface area contributed by atoms with Crippen molar-refractivity contribution in [3.63, 3.8) is 0 Å². The average Bonchev–Trinajstić information content (AvgIpc) is 2.87. The minimum Gasteiger partial charge on any atom is -0.392 e. The molecule has 2 aliphatic rings. The Kier molecular flexibility index (Phi) is 4.53. The second-order valence-corrected chi connectivity index (χ2v) is 5.38. The summed E-state index contributed by atoms with van der Waals surface area (Å²) in [5.74, 6) is 0.168. The molecule has 0 aromatic rings. The maximum atomic E-state index is 12.4. The monoisotopic (exact) mass is 271 g/mol. The molecule has 0 spiro atoms. The summed E-state index contributed by atoms with van der Waals surface area (Å²) in [5.41, 5.74) is 5.75. The van der Waals surface area contributed by atoms with Gasteiger partial charge in [0.2, 0.25) is 5.91 Å². The number of nitrogens with two attached hydrogens (primary N) is 1. The number of carbonyl (C=O) groups is 1. The van der Waals surface area contributed by atoms with Crippen molar-refractivity contribution in [3.8, 4) is 0 Å². The van der Waals surface area contributed by atoms with E-state index in [2.05, 4.69) is 4.90 Å². The van der Waals surface area contributed by atoms with Gasteiger partial charge in [-0.3, -0.25) is 9.69 Å². The predicted octanol–water partition coefficient (Wildman–Crippen LogP) is -0.0158. The number of carbonyl (C=O) groups excluding carboxylic acids is 1. The third-order valence-electron chi connectivity index (χ3n) is 3.80. The van der Waals surface area contributed by atoms with Gasteiger partial charge in [0.1, 0.15) is 0 Å². The van der Waals surface area contributed by atoms with Gasteiger partial charge in [-0.15, -0.1) is 0 Å². The Morgan fingerprint density at radius 2 is 2.06 bits per heavy atom. The van der Waals surface area contributed by atoms with E-state index in [0.717, 1.165) is 19.4 Å². The van der Waals surface area contributed by atoms with Crippen molar-refractivity contribution in [3.05, 3.63) is 0 Å². The second kappa shape index (κ2) is 5.95. The summed E-state index contributed by atoms with van der Waals surface area (Å²) in [6.45, 7) is 5.51. The summed E-state index contributed by atoms with van der Waals surface area (Å²) in [4.78, 5) is 16.9. The first kappa shape index (κ1) is 13.7. The maximum Gasteiger partial charge on any atom is 0.239 e. The van der Waals surface area contributed by atoms with E-state index in [-0.39, 0.29) is 18.0 Å². The molecule has 2 heterocycles. The lowest BCUT2D eigenvalue weighted by atomic mass is 10.1. The van der Waals surface area contributed by atoms with Gasteiger partial charge in [0.15, 0.2) is 0 Å². The molecule has 2 atom stereocenters. The summed E-state index contributed by atoms with van der Waals surface area (Å²) < 4.78 is 5.27. The smallest absolute Gasteiger partial charge is 0.239 e. The van der Waals surface area contributed by atoms with E-state index in [4.69, 9.17) is 22.7 Å². The first-order valence-corrected chi connectivity index (χ1v) is 6.93. The van der Waals surface area contributed by atoms with Gasteiger partial charge in [-0.25, -0.2) is 0 Å². The fourth-order valence-electron chi connectivity index (χ4n) is 2.75. The number of nitrogens with zero attached hydrogens (tertiary/aromatic N) is 2. The molecule has 5 nitrogen and oxygen atoms in total. The molecule has 0 aliphatic carbocycles. The van der Waals surface area contributed by atoms with Crippen molar-refractivity contribution in [1.82, 2.24) is 9.80 Å². The van der Waals surface area contributed by atoms with Gasteiger partial charge in [0.25, 0.3) is 0 Å². The van der Waals surface area contributed by atoms with Crippen LogP contribution >= 0.6 is 12.2 Å². The first-order chi connectivity index (χ1) is 8.61. The molecule has 0 aromatic carbocycles. The van der Waals surface area contributed by atoms with Crippen LogP contribution in [0, 0.1) is 0 Å². The molecule has 102 valence electrons. The largest absolute Gasteiger partial charge is 0.392 e. The van der Waals surface area contributed by atoms with E-state index in [1.807, 2.05) is 11.8 Å². The third-order valence-corrected chi connectivity index (χ3v) is 4.07. The van der Waals surface area contributed by atoms with Crippen molar-refractivity contribution >= 4 is 23.1 Å². The zero-order chi connectivity index (χ0) is 13.1. The average molecular weight is 271 g/mol. The Labute approximate surface area is 113 Å². The molecule has 0 radical (unpaired) electrons. The van der Waals surface area contributed by atoms with Gasteiger partial charge in [-0.1, -0.05) is 12.2 Å². The Morgan fingerprint density at radius 1 is 1.39 bits per heavy atom. The first-order valence-electron chi connectivity index (χ1n) is 6.53. The summed E-state index contributed by atoms with van der Waals surface area (Å²) in [6, 6.07) is -0.0582. The third kappa shape index (κ3) is 2.81. The highest BCUT2D eigenvalue weighted by Gasteiger charge is 2.35. The fraction of sp³-hybridized carbons (Fsp3) is 0.833. The van der Waals surface area contributed by atoms with E-state index in [9.17, 15) is 4.79 Å². The number of ether oxygens (including phenoxy) is 1. The zero-order valence-electron chi connectivity index (χ0n) is 10.8. The number of hydrogen-bond acceptors (Lipinski definition) is 4. The molecule has 2 aliphatic heterocycles. The van der Waals surface area contributed by atoms with E-state index >= 15 is 0 Å². The van der Waals surface area contributed by atoms with Crippen LogP contribution in [0.4, 0.5) is 0 Å². The van der Waals surface area contributed by atoms with Crippen LogP contribution < -0.4 is 5.73 Å². The van der Waals surface area contributed by atoms with Crippen LogP contribution in [0.2, 0.25) is 0 Å². The van der Waals surface area contributed by atoms with Crippen LogP contribution in [-0.2, 0) is 9.53 Å². The summed E-state index contributed by atoms with van der Waals surface area (Å²) >= 11 is 5.09. The number of rotatable bonds is 3. The van der Waals surface area contributed by atoms with E-state index in [1.54, 1.807) is 0 Å². The standard InChI is InChI=1S/C12H21N3O2S/c1-9(12(16)14-5-7-17-8-6-14)15-4-2-3-10(15)11(13)18/h9-10H,2-8H2,1H3,(H2,13,18). The van der Waals surface area contributed by atoms with Crippen molar-refractivity contribution in [2.24, 2.45) is 5.73 Å². The van der Waals surface area contributed by atoms with Crippen LogP contribution in [0.25, 0.3) is 0 Å². The lowest BCUT2D eigenvalue weighted by Gasteiger charge is -2.34. The molecular formula is C12H21N3O2S. The summed E-state index contributed by atoms with van der Waals surface area (Å²) in [6.07, 6.45) is 2.03. The van der Waals surface area contributed by atoms with Crippen molar-refractivity contribution in [1.29, 1.82) is 0 Å². The molecule has 2 N–H and O–H groups in total. The van der Waals surface area contributed by atoms with Gasteiger partial charge in [-0.2, -0.15) is 0 Å². The normalized spacial score (nSPS) is 27.2. The van der Waals surface area contributed by atoms with Crippen molar-refractivity contribution < 1.29 is 9.53 Å². The Balaban J connectivity index is 1.98. The minimum atomic E-state index is -0.142. The van der Waals surface area contributed by atoms with Crippen LogP contribution in [0.15, 0.2) is 0 Å². The van der Waals surface area contributed by atoms with Gasteiger partial charge in [-0.05, 0) is 26.3 Å². The molecule has 2 unspecified atom stereocenters. The molecule has 0 aromatic heterocycles. The summed E-state index contributed by atoms with van der Waals surface area (Å²) in [5, 5.41) is 0. The molecule has 0 saturated carbocycles. The quantitative estimate of drug-likeness (QED) is 0.731. The van der Waals surface area contributed by atoms with Crippen molar-refractivity contribution in [2.45, 2.75) is 31.8 Å². The highest BCUT2D eigenvalue weighted by molar-refractivity contribution is 7.80. The minimum absolute atomic E-state index is 0.0833. The summed E-state index contributed by atoms with van der Waals surface area (Å²) in [7, 11) is 0. The number of amides is 1. The lowest BCUT2D eigenvalue weighted by Crippen LogP contribution is -2.53. The number of hydrogen-bond donors (Lipinski definition) is 1. The molecular weight excluding hydrogens is 250 g/mol. The van der Waals surface area contributed by atoms with Crippen LogP contribution in [0.5, 0.6) is 0 Å². The maximum absolute atomic E-state index is 12.4. The van der Waals surface area contributed by atoms with Gasteiger partial charge < -0.3 is 15.4 Å². The van der Waals surface area contributed by atoms with Gasteiger partial charge in [0.05, 0.1) is 30.3 Å². The van der Waals surface area contributed by atoms with Crippen LogP contribution in [-0.4, -0.2) is 65.6 Å².